The van der Waals surface area contributed by atoms with Crippen LogP contribution in [0.4, 0.5) is 4.39 Å². The lowest BCUT2D eigenvalue weighted by molar-refractivity contribution is -0.138. The fourth-order valence-electron chi connectivity index (χ4n) is 2.06. The molecule has 0 aliphatic rings. The average Bonchev–Trinajstić information content (AvgIpc) is 2.87. The van der Waals surface area contributed by atoms with Gasteiger partial charge in [0.1, 0.15) is 5.82 Å². The maximum atomic E-state index is 13.4. The normalized spacial score (nSPS) is 12.3. The lowest BCUT2D eigenvalue weighted by Gasteiger charge is -2.15. The quantitative estimate of drug-likeness (QED) is 0.906. The number of carboxylic acid groups (broad SMARTS) is 1. The molecule has 6 nitrogen and oxygen atoms in total. The lowest BCUT2D eigenvalue weighted by Crippen LogP contribution is -2.16. The highest BCUT2D eigenvalue weighted by Gasteiger charge is 2.20. The number of tetrazole rings is 1. The number of aryl methyl sites for hydroxylation is 1. The van der Waals surface area contributed by atoms with Crippen molar-refractivity contribution in [1.29, 1.82) is 0 Å². The van der Waals surface area contributed by atoms with Crippen LogP contribution >= 0.6 is 0 Å². The molecule has 0 radical (unpaired) electrons. The molecule has 106 valence electrons. The molecule has 1 heterocycles. The van der Waals surface area contributed by atoms with Gasteiger partial charge in [0.05, 0.1) is 12.5 Å². The van der Waals surface area contributed by atoms with Gasteiger partial charge >= 0.3 is 5.97 Å². The second kappa shape index (κ2) is 5.77. The molecular weight excluding hydrogens is 263 g/mol. The summed E-state index contributed by atoms with van der Waals surface area (Å²) in [6.45, 7) is 3.68. The molecule has 1 N–H and O–H groups in total. The van der Waals surface area contributed by atoms with Crippen LogP contribution in [0.15, 0.2) is 18.2 Å². The van der Waals surface area contributed by atoms with Crippen molar-refractivity contribution in [3.05, 3.63) is 29.6 Å². The van der Waals surface area contributed by atoms with Gasteiger partial charge in [-0.15, -0.1) is 5.10 Å². The van der Waals surface area contributed by atoms with Crippen LogP contribution in [0.1, 0.15) is 31.4 Å². The SMILES string of the molecule is CCC(CC(=O)O)n1nnnc1-c1cc(F)ccc1C. The van der Waals surface area contributed by atoms with Gasteiger partial charge in [-0.3, -0.25) is 4.79 Å². The second-order valence-corrected chi connectivity index (χ2v) is 4.57. The molecule has 7 heteroatoms. The summed E-state index contributed by atoms with van der Waals surface area (Å²) in [6.07, 6.45) is 0.488. The second-order valence-electron chi connectivity index (χ2n) is 4.57. The largest absolute Gasteiger partial charge is 0.481 e. The fourth-order valence-corrected chi connectivity index (χ4v) is 2.06. The van der Waals surface area contributed by atoms with E-state index in [1.54, 1.807) is 6.07 Å². The predicted octanol–water partition coefficient (Wildman–Crippen LogP) is 2.21. The minimum atomic E-state index is -0.922. The van der Waals surface area contributed by atoms with E-state index in [2.05, 4.69) is 15.5 Å². The zero-order valence-electron chi connectivity index (χ0n) is 11.2. The molecule has 0 aliphatic heterocycles. The van der Waals surface area contributed by atoms with Gasteiger partial charge < -0.3 is 5.11 Å². The van der Waals surface area contributed by atoms with Crippen molar-refractivity contribution in [3.8, 4) is 11.4 Å². The smallest absolute Gasteiger partial charge is 0.305 e. The molecule has 0 fully saturated rings. The molecule has 0 bridgehead atoms. The van der Waals surface area contributed by atoms with Gasteiger partial charge in [-0.1, -0.05) is 13.0 Å². The van der Waals surface area contributed by atoms with Crippen molar-refractivity contribution < 1.29 is 14.3 Å². The molecule has 2 aromatic rings. The maximum Gasteiger partial charge on any atom is 0.305 e. The molecule has 1 atom stereocenters. The van der Waals surface area contributed by atoms with Gasteiger partial charge in [0.2, 0.25) is 0 Å². The Morgan fingerprint density at radius 2 is 2.25 bits per heavy atom. The Kier molecular flexibility index (Phi) is 4.07. The number of rotatable bonds is 5. The highest BCUT2D eigenvalue weighted by molar-refractivity contribution is 5.67. The molecular formula is C13H15FN4O2. The molecule has 0 spiro atoms. The van der Waals surface area contributed by atoms with Crippen LogP contribution in [-0.2, 0) is 4.79 Å². The molecule has 0 amide bonds. The van der Waals surface area contributed by atoms with Gasteiger partial charge in [0.15, 0.2) is 5.82 Å². The number of hydrogen-bond acceptors (Lipinski definition) is 4. The summed E-state index contributed by atoms with van der Waals surface area (Å²) in [5, 5.41) is 20.3. The molecule has 0 saturated carbocycles. The Morgan fingerprint density at radius 3 is 2.90 bits per heavy atom. The number of halogens is 1. The van der Waals surface area contributed by atoms with Crippen molar-refractivity contribution in [3.63, 3.8) is 0 Å². The van der Waals surface area contributed by atoms with Gasteiger partial charge in [-0.25, -0.2) is 9.07 Å². The third-order valence-corrected chi connectivity index (χ3v) is 3.16. The van der Waals surface area contributed by atoms with Crippen molar-refractivity contribution >= 4 is 5.97 Å². The average molecular weight is 278 g/mol. The van der Waals surface area contributed by atoms with Crippen LogP contribution < -0.4 is 0 Å². The number of benzene rings is 1. The molecule has 0 saturated heterocycles. The summed E-state index contributed by atoms with van der Waals surface area (Å²) >= 11 is 0. The number of carboxylic acids is 1. The zero-order chi connectivity index (χ0) is 14.7. The van der Waals surface area contributed by atoms with E-state index in [4.69, 9.17) is 5.11 Å². The fraction of sp³-hybridized carbons (Fsp3) is 0.385. The summed E-state index contributed by atoms with van der Waals surface area (Å²) in [6, 6.07) is 3.99. The van der Waals surface area contributed by atoms with Crippen LogP contribution in [0.25, 0.3) is 11.4 Å². The number of hydrogen-bond donors (Lipinski definition) is 1. The van der Waals surface area contributed by atoms with E-state index >= 15 is 0 Å². The molecule has 1 aromatic heterocycles. The first-order chi connectivity index (χ1) is 9.52. The third kappa shape index (κ3) is 2.81. The van der Waals surface area contributed by atoms with E-state index in [1.165, 1.54) is 16.8 Å². The standard InChI is InChI=1S/C13H15FN4O2/c1-3-10(7-12(19)20)18-13(15-16-17-18)11-6-9(14)5-4-8(11)2/h4-6,10H,3,7H2,1-2H3,(H,19,20). The Labute approximate surface area is 115 Å². The van der Waals surface area contributed by atoms with Crippen molar-refractivity contribution in [1.82, 2.24) is 20.2 Å². The molecule has 2 rings (SSSR count). The number of carbonyl (C=O) groups is 1. The monoisotopic (exact) mass is 278 g/mol. The molecule has 0 aliphatic carbocycles. The van der Waals surface area contributed by atoms with Crippen molar-refractivity contribution in [2.75, 3.05) is 0 Å². The van der Waals surface area contributed by atoms with Crippen LogP contribution in [0, 0.1) is 12.7 Å². The van der Waals surface area contributed by atoms with E-state index in [1.807, 2.05) is 13.8 Å². The molecule has 1 unspecified atom stereocenters. The Hall–Kier alpha value is -2.31. The van der Waals surface area contributed by atoms with Crippen LogP contribution in [0.5, 0.6) is 0 Å². The topological polar surface area (TPSA) is 80.9 Å². The highest BCUT2D eigenvalue weighted by atomic mass is 19.1. The van der Waals surface area contributed by atoms with Crippen LogP contribution in [0.2, 0.25) is 0 Å². The van der Waals surface area contributed by atoms with E-state index in [-0.39, 0.29) is 18.3 Å². The first kappa shape index (κ1) is 14.1. The minimum Gasteiger partial charge on any atom is -0.481 e. The van der Waals surface area contributed by atoms with Gasteiger partial charge in [-0.05, 0) is 41.5 Å². The number of nitrogens with zero attached hydrogens (tertiary/aromatic N) is 4. The summed E-state index contributed by atoms with van der Waals surface area (Å²) in [5.41, 5.74) is 1.39. The molecule has 20 heavy (non-hydrogen) atoms. The summed E-state index contributed by atoms with van der Waals surface area (Å²) < 4.78 is 14.8. The lowest BCUT2D eigenvalue weighted by atomic mass is 10.1. The van der Waals surface area contributed by atoms with E-state index in [0.717, 1.165) is 5.56 Å². The Balaban J connectivity index is 2.46. The Bertz CT molecular complexity index is 627. The first-order valence-electron chi connectivity index (χ1n) is 6.29. The Morgan fingerprint density at radius 1 is 1.50 bits per heavy atom. The molecule has 1 aromatic carbocycles. The van der Waals surface area contributed by atoms with E-state index in [9.17, 15) is 9.18 Å². The predicted molar refractivity (Wildman–Crippen MR) is 69.5 cm³/mol. The number of aromatic nitrogens is 4. The van der Waals surface area contributed by atoms with Crippen molar-refractivity contribution in [2.24, 2.45) is 0 Å². The van der Waals surface area contributed by atoms with Crippen LogP contribution in [-0.4, -0.2) is 31.3 Å². The first-order valence-corrected chi connectivity index (χ1v) is 6.29. The van der Waals surface area contributed by atoms with Gasteiger partial charge in [0, 0.05) is 5.56 Å². The van der Waals surface area contributed by atoms with E-state index < -0.39 is 5.97 Å². The third-order valence-electron chi connectivity index (χ3n) is 3.16. The highest BCUT2D eigenvalue weighted by Crippen LogP contribution is 2.26. The zero-order valence-corrected chi connectivity index (χ0v) is 11.2. The minimum absolute atomic E-state index is 0.0805. The van der Waals surface area contributed by atoms with Gasteiger partial charge in [-0.2, -0.15) is 0 Å². The maximum absolute atomic E-state index is 13.4. The number of aliphatic carboxylic acids is 1. The van der Waals surface area contributed by atoms with Crippen molar-refractivity contribution in [2.45, 2.75) is 32.7 Å². The summed E-state index contributed by atoms with van der Waals surface area (Å²) in [5.74, 6) is -0.921. The van der Waals surface area contributed by atoms with E-state index in [0.29, 0.717) is 17.8 Å². The summed E-state index contributed by atoms with van der Waals surface area (Å²) in [4.78, 5) is 10.9. The van der Waals surface area contributed by atoms with Crippen LogP contribution in [0.3, 0.4) is 0 Å². The van der Waals surface area contributed by atoms with Gasteiger partial charge in [0.25, 0.3) is 0 Å². The summed E-state index contributed by atoms with van der Waals surface area (Å²) in [7, 11) is 0.